The monoisotopic (exact) mass is 555 g/mol. The molecule has 2 aliphatic carbocycles. The van der Waals surface area contributed by atoms with Gasteiger partial charge in [0.25, 0.3) is 0 Å². The minimum Gasteiger partial charge on any atom is -0.405 e. The van der Waals surface area contributed by atoms with Crippen molar-refractivity contribution in [1.82, 2.24) is 15.3 Å². The van der Waals surface area contributed by atoms with Gasteiger partial charge in [0.05, 0.1) is 5.69 Å². The first-order chi connectivity index (χ1) is 16.7. The van der Waals surface area contributed by atoms with E-state index in [9.17, 15) is 13.2 Å². The van der Waals surface area contributed by atoms with Crippen molar-refractivity contribution in [2.45, 2.75) is 76.2 Å². The maximum absolute atomic E-state index is 12.7. The average Bonchev–Trinajstić information content (AvgIpc) is 2.83. The van der Waals surface area contributed by atoms with Crippen LogP contribution in [0.3, 0.4) is 0 Å². The van der Waals surface area contributed by atoms with E-state index in [1.165, 1.54) is 30.2 Å². The molecule has 35 heavy (non-hydrogen) atoms. The number of anilines is 2. The molecule has 1 heterocycles. The zero-order valence-corrected chi connectivity index (χ0v) is 21.8. The Morgan fingerprint density at radius 1 is 1.11 bits per heavy atom. The van der Waals surface area contributed by atoms with Crippen LogP contribution < -0.4 is 20.3 Å². The van der Waals surface area contributed by atoms with Crippen LogP contribution in [-0.2, 0) is 19.3 Å². The van der Waals surface area contributed by atoms with Gasteiger partial charge in [0, 0.05) is 36.2 Å². The van der Waals surface area contributed by atoms with Crippen LogP contribution in [0.2, 0.25) is 0 Å². The normalized spacial score (nSPS) is 20.3. The molecule has 10 heteroatoms. The van der Waals surface area contributed by atoms with Gasteiger partial charge in [0.2, 0.25) is 5.95 Å². The van der Waals surface area contributed by atoms with Gasteiger partial charge in [-0.2, -0.15) is 4.98 Å². The predicted molar refractivity (Wildman–Crippen MR) is 135 cm³/mol. The fraction of sp³-hybridized carbons (Fsp3) is 0.600. The van der Waals surface area contributed by atoms with E-state index < -0.39 is 6.36 Å². The molecule has 0 unspecified atom stereocenters. The summed E-state index contributed by atoms with van der Waals surface area (Å²) in [7, 11) is 4.00. The molecule has 0 amide bonds. The summed E-state index contributed by atoms with van der Waals surface area (Å²) in [4.78, 5) is 11.9. The van der Waals surface area contributed by atoms with Crippen LogP contribution in [-0.4, -0.2) is 49.1 Å². The van der Waals surface area contributed by atoms with Gasteiger partial charge in [0.15, 0.2) is 0 Å². The molecule has 2 aliphatic rings. The molecule has 6 nitrogen and oxygen atoms in total. The summed E-state index contributed by atoms with van der Waals surface area (Å²) >= 11 is 3.22. The smallest absolute Gasteiger partial charge is 0.405 e. The molecule has 0 spiro atoms. The summed E-state index contributed by atoms with van der Waals surface area (Å²) in [6.45, 7) is 0.598. The van der Waals surface area contributed by atoms with E-state index in [1.807, 2.05) is 7.05 Å². The lowest BCUT2D eigenvalue weighted by atomic mass is 9.90. The highest BCUT2D eigenvalue weighted by Gasteiger charge is 2.32. The molecule has 0 bridgehead atoms. The molecule has 0 atom stereocenters. The molecule has 1 fully saturated rings. The number of nitrogens with zero attached hydrogens (tertiary/aromatic N) is 3. The molecule has 0 radical (unpaired) electrons. The highest BCUT2D eigenvalue weighted by molar-refractivity contribution is 9.10. The number of alkyl halides is 3. The first-order valence-electron chi connectivity index (χ1n) is 12.3. The van der Waals surface area contributed by atoms with E-state index in [4.69, 9.17) is 9.97 Å². The van der Waals surface area contributed by atoms with Crippen molar-refractivity contribution in [3.8, 4) is 5.75 Å². The Hall–Kier alpha value is -2.07. The van der Waals surface area contributed by atoms with E-state index in [1.54, 1.807) is 12.1 Å². The molecule has 192 valence electrons. The van der Waals surface area contributed by atoms with E-state index in [-0.39, 0.29) is 5.75 Å². The first-order valence-corrected chi connectivity index (χ1v) is 13.1. The SMILES string of the molecule is CNc1nc(N(C)C2CCC(NCCc3ccc(Br)cc3OC(F)(F)F)CC2)nc2c1CCCC2. The van der Waals surface area contributed by atoms with Gasteiger partial charge in [-0.25, -0.2) is 4.98 Å². The average molecular weight is 556 g/mol. The standard InChI is InChI=1S/C25H33BrF3N5O/c1-30-23-20-5-3-4-6-21(20)32-24(33-23)34(2)19-11-9-18(10-12-19)31-14-13-16-7-8-17(26)15-22(16)35-25(27,28)29/h7-8,15,18-19,31H,3-6,9-14H2,1-2H3,(H,30,32,33). The van der Waals surface area contributed by atoms with Crippen molar-refractivity contribution in [3.63, 3.8) is 0 Å². The summed E-state index contributed by atoms with van der Waals surface area (Å²) < 4.78 is 43.0. The van der Waals surface area contributed by atoms with E-state index >= 15 is 0 Å². The summed E-state index contributed by atoms with van der Waals surface area (Å²) in [6, 6.07) is 5.50. The lowest BCUT2D eigenvalue weighted by Crippen LogP contribution is -2.42. The number of benzene rings is 1. The fourth-order valence-corrected chi connectivity index (χ4v) is 5.48. The summed E-state index contributed by atoms with van der Waals surface area (Å²) in [5.74, 6) is 1.59. The lowest BCUT2D eigenvalue weighted by molar-refractivity contribution is -0.274. The highest BCUT2D eigenvalue weighted by Crippen LogP contribution is 2.31. The highest BCUT2D eigenvalue weighted by atomic mass is 79.9. The number of halogens is 4. The quantitative estimate of drug-likeness (QED) is 0.439. The summed E-state index contributed by atoms with van der Waals surface area (Å²) in [5, 5.41) is 6.78. The maximum Gasteiger partial charge on any atom is 0.573 e. The van der Waals surface area contributed by atoms with Crippen LogP contribution in [0.1, 0.15) is 55.3 Å². The van der Waals surface area contributed by atoms with Gasteiger partial charge in [-0.05, 0) is 82.0 Å². The number of ether oxygens (including phenoxy) is 1. The number of hydrogen-bond donors (Lipinski definition) is 2. The minimum atomic E-state index is -4.71. The third-order valence-electron chi connectivity index (χ3n) is 7.05. The molecule has 2 aromatic rings. The molecule has 2 N–H and O–H groups in total. The Bertz CT molecular complexity index is 994. The van der Waals surface area contributed by atoms with E-state index in [0.717, 1.165) is 50.3 Å². The topological polar surface area (TPSA) is 62.3 Å². The number of hydrogen-bond acceptors (Lipinski definition) is 6. The second-order valence-electron chi connectivity index (χ2n) is 9.37. The van der Waals surface area contributed by atoms with Crippen LogP contribution in [0.15, 0.2) is 22.7 Å². The van der Waals surface area contributed by atoms with Crippen molar-refractivity contribution in [3.05, 3.63) is 39.5 Å². The van der Waals surface area contributed by atoms with E-state index in [0.29, 0.717) is 35.1 Å². The van der Waals surface area contributed by atoms with Crippen molar-refractivity contribution in [2.24, 2.45) is 0 Å². The lowest BCUT2D eigenvalue weighted by Gasteiger charge is -2.35. The van der Waals surface area contributed by atoms with Crippen molar-refractivity contribution in [2.75, 3.05) is 30.9 Å². The number of aryl methyl sites for hydroxylation is 1. The number of aromatic nitrogens is 2. The Balaban J connectivity index is 1.29. The van der Waals surface area contributed by atoms with Gasteiger partial charge < -0.3 is 20.3 Å². The second-order valence-corrected chi connectivity index (χ2v) is 10.3. The van der Waals surface area contributed by atoms with Crippen LogP contribution >= 0.6 is 15.9 Å². The van der Waals surface area contributed by atoms with Gasteiger partial charge in [-0.15, -0.1) is 13.2 Å². The third-order valence-corrected chi connectivity index (χ3v) is 7.54. The van der Waals surface area contributed by atoms with Crippen LogP contribution in [0, 0.1) is 0 Å². The third kappa shape index (κ3) is 6.78. The minimum absolute atomic E-state index is 0.148. The Morgan fingerprint density at radius 3 is 2.57 bits per heavy atom. The fourth-order valence-electron chi connectivity index (χ4n) is 5.14. The summed E-state index contributed by atoms with van der Waals surface area (Å²) in [6.07, 6.45) is 4.23. The molecule has 1 aromatic carbocycles. The Kier molecular flexibility index (Phi) is 8.42. The zero-order valence-electron chi connectivity index (χ0n) is 20.2. The molecule has 0 aliphatic heterocycles. The number of nitrogens with one attached hydrogen (secondary N) is 2. The van der Waals surface area contributed by atoms with Crippen molar-refractivity contribution >= 4 is 27.7 Å². The van der Waals surface area contributed by atoms with Crippen LogP contribution in [0.4, 0.5) is 24.9 Å². The van der Waals surface area contributed by atoms with Gasteiger partial charge in [-0.1, -0.05) is 22.0 Å². The largest absolute Gasteiger partial charge is 0.573 e. The predicted octanol–water partition coefficient (Wildman–Crippen LogP) is 5.64. The molecule has 4 rings (SSSR count). The van der Waals surface area contributed by atoms with Crippen LogP contribution in [0.5, 0.6) is 5.75 Å². The first kappa shape index (κ1) is 26.0. The van der Waals surface area contributed by atoms with Gasteiger partial charge in [0.1, 0.15) is 11.6 Å². The Morgan fingerprint density at radius 2 is 1.86 bits per heavy atom. The molecular weight excluding hydrogens is 523 g/mol. The number of rotatable bonds is 8. The Labute approximate surface area is 213 Å². The second kappa shape index (κ2) is 11.3. The number of fused-ring (bicyclic) bond motifs is 1. The molecule has 0 saturated heterocycles. The van der Waals surface area contributed by atoms with Crippen LogP contribution in [0.25, 0.3) is 0 Å². The van der Waals surface area contributed by atoms with Gasteiger partial charge >= 0.3 is 6.36 Å². The summed E-state index contributed by atoms with van der Waals surface area (Å²) in [5.41, 5.74) is 2.98. The molecule has 1 saturated carbocycles. The van der Waals surface area contributed by atoms with E-state index in [2.05, 4.69) is 43.2 Å². The molecule has 1 aromatic heterocycles. The van der Waals surface area contributed by atoms with Gasteiger partial charge in [-0.3, -0.25) is 0 Å². The maximum atomic E-state index is 12.7. The van der Waals surface area contributed by atoms with Crippen molar-refractivity contribution < 1.29 is 17.9 Å². The molecular formula is C25H33BrF3N5O. The van der Waals surface area contributed by atoms with Crippen molar-refractivity contribution in [1.29, 1.82) is 0 Å². The zero-order chi connectivity index (χ0) is 25.0.